The highest BCUT2D eigenvalue weighted by Gasteiger charge is 2.27. The zero-order valence-corrected chi connectivity index (χ0v) is 17.7. The van der Waals surface area contributed by atoms with E-state index in [2.05, 4.69) is 9.88 Å². The highest BCUT2D eigenvalue weighted by atomic mass is 16.5. The zero-order valence-electron chi connectivity index (χ0n) is 17.7. The van der Waals surface area contributed by atoms with Gasteiger partial charge in [0.1, 0.15) is 5.75 Å². The van der Waals surface area contributed by atoms with Crippen LogP contribution in [-0.4, -0.2) is 41.1 Å². The smallest absolute Gasteiger partial charge is 0.229 e. The lowest BCUT2D eigenvalue weighted by Gasteiger charge is -2.31. The molecule has 3 heterocycles. The first-order chi connectivity index (χ1) is 15.6. The molecule has 32 heavy (non-hydrogen) atoms. The molecule has 1 amide bonds. The van der Waals surface area contributed by atoms with E-state index in [1.807, 2.05) is 54.6 Å². The number of hydrogen-bond acceptors (Lipinski definition) is 7. The number of piperidine rings is 1. The van der Waals surface area contributed by atoms with Gasteiger partial charge in [-0.25, -0.2) is 9.97 Å². The lowest BCUT2D eigenvalue weighted by atomic mass is 9.96. The summed E-state index contributed by atoms with van der Waals surface area (Å²) >= 11 is 0. The van der Waals surface area contributed by atoms with Crippen LogP contribution in [0, 0.1) is 5.92 Å². The van der Waals surface area contributed by atoms with Crippen LogP contribution in [0.2, 0.25) is 0 Å². The third-order valence-electron chi connectivity index (χ3n) is 5.78. The van der Waals surface area contributed by atoms with Crippen molar-refractivity contribution >= 4 is 23.0 Å². The normalized spacial score (nSPS) is 14.6. The topological polar surface area (TPSA) is 107 Å². The molecular formula is C24H23N5O3. The molecule has 1 aliphatic heterocycles. The Labute approximate surface area is 185 Å². The number of nitrogens with zero attached hydrogens (tertiary/aromatic N) is 4. The first-order valence-electron chi connectivity index (χ1n) is 10.5. The molecule has 8 nitrogen and oxygen atoms in total. The van der Waals surface area contributed by atoms with Crippen LogP contribution in [0.15, 0.2) is 59.0 Å². The van der Waals surface area contributed by atoms with Crippen molar-refractivity contribution in [2.75, 3.05) is 25.1 Å². The van der Waals surface area contributed by atoms with Crippen LogP contribution in [0.4, 0.5) is 5.82 Å². The highest BCUT2D eigenvalue weighted by Crippen LogP contribution is 2.34. The Morgan fingerprint density at radius 1 is 1.03 bits per heavy atom. The fourth-order valence-electron chi connectivity index (χ4n) is 4.00. The number of amides is 1. The van der Waals surface area contributed by atoms with Crippen molar-refractivity contribution in [3.8, 4) is 28.6 Å². The van der Waals surface area contributed by atoms with Gasteiger partial charge in [-0.3, -0.25) is 4.79 Å². The number of methoxy groups -OCH3 is 1. The molecular weight excluding hydrogens is 406 g/mol. The molecule has 0 saturated carbocycles. The van der Waals surface area contributed by atoms with Gasteiger partial charge < -0.3 is 19.8 Å². The fraction of sp³-hybridized carbons (Fsp3) is 0.250. The number of ether oxygens (including phenoxy) is 1. The molecule has 1 fully saturated rings. The lowest BCUT2D eigenvalue weighted by molar-refractivity contribution is -0.122. The predicted molar refractivity (Wildman–Crippen MR) is 121 cm³/mol. The summed E-state index contributed by atoms with van der Waals surface area (Å²) in [6.07, 6.45) is 1.35. The number of nitrogens with two attached hydrogens (primary N) is 1. The molecule has 0 atom stereocenters. The van der Waals surface area contributed by atoms with Crippen LogP contribution in [0.1, 0.15) is 12.8 Å². The summed E-state index contributed by atoms with van der Waals surface area (Å²) in [6.45, 7) is 1.30. The third kappa shape index (κ3) is 3.75. The maximum atomic E-state index is 11.6. The second kappa shape index (κ2) is 8.30. The molecule has 0 radical (unpaired) electrons. The molecule has 8 heteroatoms. The number of anilines is 1. The molecule has 0 aliphatic carbocycles. The SMILES string of the molecule is COc1cccc(-c2nc(N3CCC(C(N)=O)CC3)c3oc(-c4ccccc4)nc3n2)c1. The number of rotatable bonds is 5. The Kier molecular flexibility index (Phi) is 5.18. The number of aromatic nitrogens is 3. The van der Waals surface area contributed by atoms with Crippen molar-refractivity contribution in [1.29, 1.82) is 0 Å². The van der Waals surface area contributed by atoms with Crippen LogP contribution < -0.4 is 15.4 Å². The summed E-state index contributed by atoms with van der Waals surface area (Å²) in [4.78, 5) is 27.9. The standard InChI is InChI=1S/C24H23N5O3/c1-31-18-9-5-8-17(14-18)21-26-22-19(32-24(28-22)16-6-3-2-4-7-16)23(27-21)29-12-10-15(11-13-29)20(25)30/h2-9,14-15H,10-13H2,1H3,(H2,25,30). The molecule has 5 rings (SSSR count). The minimum absolute atomic E-state index is 0.115. The largest absolute Gasteiger partial charge is 0.497 e. The van der Waals surface area contributed by atoms with E-state index < -0.39 is 0 Å². The van der Waals surface area contributed by atoms with Crippen molar-refractivity contribution < 1.29 is 13.9 Å². The lowest BCUT2D eigenvalue weighted by Crippen LogP contribution is -2.39. The molecule has 0 spiro atoms. The average molecular weight is 429 g/mol. The zero-order chi connectivity index (χ0) is 22.1. The van der Waals surface area contributed by atoms with Gasteiger partial charge in [-0.2, -0.15) is 4.98 Å². The molecule has 1 saturated heterocycles. The molecule has 2 aromatic heterocycles. The van der Waals surface area contributed by atoms with Crippen molar-refractivity contribution in [1.82, 2.24) is 15.0 Å². The predicted octanol–water partition coefficient (Wildman–Crippen LogP) is 3.66. The molecule has 0 bridgehead atoms. The van der Waals surface area contributed by atoms with E-state index in [1.165, 1.54) is 0 Å². The van der Waals surface area contributed by atoms with Crippen LogP contribution in [0.25, 0.3) is 34.1 Å². The molecule has 0 unspecified atom stereocenters. The minimum atomic E-state index is -0.249. The number of oxazole rings is 1. The Morgan fingerprint density at radius 3 is 2.50 bits per heavy atom. The number of primary amides is 1. The third-order valence-corrected chi connectivity index (χ3v) is 5.78. The Balaban J connectivity index is 1.62. The number of benzene rings is 2. The van der Waals surface area contributed by atoms with E-state index >= 15 is 0 Å². The van der Waals surface area contributed by atoms with Crippen molar-refractivity contribution in [2.45, 2.75) is 12.8 Å². The highest BCUT2D eigenvalue weighted by molar-refractivity contribution is 5.86. The quantitative estimate of drug-likeness (QED) is 0.516. The molecule has 1 aliphatic rings. The Morgan fingerprint density at radius 2 is 1.78 bits per heavy atom. The second-order valence-electron chi connectivity index (χ2n) is 7.80. The summed E-state index contributed by atoms with van der Waals surface area (Å²) in [5, 5.41) is 0. The summed E-state index contributed by atoms with van der Waals surface area (Å²) < 4.78 is 11.5. The molecule has 162 valence electrons. The van der Waals surface area contributed by atoms with E-state index in [9.17, 15) is 4.79 Å². The summed E-state index contributed by atoms with van der Waals surface area (Å²) in [5.41, 5.74) is 8.23. The van der Waals surface area contributed by atoms with Gasteiger partial charge in [0.2, 0.25) is 23.0 Å². The van der Waals surface area contributed by atoms with Crippen molar-refractivity contribution in [2.24, 2.45) is 11.7 Å². The maximum absolute atomic E-state index is 11.6. The average Bonchev–Trinajstić information content (AvgIpc) is 3.28. The number of carbonyl (C=O) groups excluding carboxylic acids is 1. The van der Waals surface area contributed by atoms with Gasteiger partial charge >= 0.3 is 0 Å². The molecule has 2 aromatic carbocycles. The van der Waals surface area contributed by atoms with Gasteiger partial charge in [0.25, 0.3) is 0 Å². The van der Waals surface area contributed by atoms with Crippen LogP contribution in [0.5, 0.6) is 5.75 Å². The van der Waals surface area contributed by atoms with E-state index in [0.717, 1.165) is 16.9 Å². The second-order valence-corrected chi connectivity index (χ2v) is 7.80. The van der Waals surface area contributed by atoms with Gasteiger partial charge in [0.05, 0.1) is 7.11 Å². The van der Waals surface area contributed by atoms with Crippen molar-refractivity contribution in [3.05, 3.63) is 54.6 Å². The summed E-state index contributed by atoms with van der Waals surface area (Å²) in [6, 6.07) is 17.3. The maximum Gasteiger partial charge on any atom is 0.229 e. The summed E-state index contributed by atoms with van der Waals surface area (Å²) in [5.74, 6) is 2.06. The minimum Gasteiger partial charge on any atom is -0.497 e. The van der Waals surface area contributed by atoms with E-state index in [0.29, 0.717) is 54.7 Å². The molecule has 2 N–H and O–H groups in total. The van der Waals surface area contributed by atoms with Crippen LogP contribution in [0.3, 0.4) is 0 Å². The van der Waals surface area contributed by atoms with Gasteiger partial charge in [0.15, 0.2) is 11.6 Å². The molecule has 4 aromatic rings. The van der Waals surface area contributed by atoms with Gasteiger partial charge in [-0.05, 0) is 37.1 Å². The first kappa shape index (κ1) is 20.0. The number of carbonyl (C=O) groups is 1. The number of fused-ring (bicyclic) bond motifs is 1. The van der Waals surface area contributed by atoms with Crippen molar-refractivity contribution in [3.63, 3.8) is 0 Å². The van der Waals surface area contributed by atoms with E-state index in [1.54, 1.807) is 7.11 Å². The van der Waals surface area contributed by atoms with E-state index in [-0.39, 0.29) is 11.8 Å². The Bertz CT molecular complexity index is 1260. The first-order valence-corrected chi connectivity index (χ1v) is 10.5. The Hall–Kier alpha value is -3.94. The number of hydrogen-bond donors (Lipinski definition) is 1. The monoisotopic (exact) mass is 429 g/mol. The van der Waals surface area contributed by atoms with E-state index in [4.69, 9.17) is 24.9 Å². The van der Waals surface area contributed by atoms with Gasteiger partial charge in [-0.15, -0.1) is 0 Å². The van der Waals surface area contributed by atoms with Gasteiger partial charge in [0, 0.05) is 30.1 Å². The fourth-order valence-corrected chi connectivity index (χ4v) is 4.00. The van der Waals surface area contributed by atoms with Crippen LogP contribution in [-0.2, 0) is 4.79 Å². The van der Waals surface area contributed by atoms with Gasteiger partial charge in [-0.1, -0.05) is 30.3 Å². The van der Waals surface area contributed by atoms with Crippen LogP contribution >= 0.6 is 0 Å². The summed E-state index contributed by atoms with van der Waals surface area (Å²) in [7, 11) is 1.63.